The highest BCUT2D eigenvalue weighted by atomic mass is 16.5. The third-order valence-electron chi connectivity index (χ3n) is 3.74. The maximum absolute atomic E-state index is 12.3. The molecule has 0 bridgehead atoms. The van der Waals surface area contributed by atoms with E-state index in [1.807, 2.05) is 19.9 Å². The number of rotatable bonds is 3. The Kier molecular flexibility index (Phi) is 4.45. The van der Waals surface area contributed by atoms with Crippen LogP contribution in [0.15, 0.2) is 24.7 Å². The van der Waals surface area contributed by atoms with Crippen LogP contribution in [-0.4, -0.2) is 49.9 Å². The Hall–Kier alpha value is -2.57. The van der Waals surface area contributed by atoms with Gasteiger partial charge in [0, 0.05) is 50.1 Å². The van der Waals surface area contributed by atoms with Crippen molar-refractivity contribution < 1.29 is 9.53 Å². The number of hydrogen-bond donors (Lipinski definition) is 0. The summed E-state index contributed by atoms with van der Waals surface area (Å²) in [6.45, 7) is 5.05. The Morgan fingerprint density at radius 3 is 2.65 bits per heavy atom. The van der Waals surface area contributed by atoms with Gasteiger partial charge in [0.2, 0.25) is 5.88 Å². The van der Waals surface area contributed by atoms with Crippen LogP contribution in [0.25, 0.3) is 0 Å². The van der Waals surface area contributed by atoms with Crippen molar-refractivity contribution in [3.05, 3.63) is 41.9 Å². The summed E-state index contributed by atoms with van der Waals surface area (Å²) in [5.41, 5.74) is 1.27. The van der Waals surface area contributed by atoms with Crippen molar-refractivity contribution in [2.24, 2.45) is 0 Å². The first-order valence-electron chi connectivity index (χ1n) is 7.66. The molecule has 1 saturated heterocycles. The molecule has 2 aromatic heterocycles. The molecule has 2 aromatic rings. The second-order valence-electron chi connectivity index (χ2n) is 5.59. The molecule has 0 radical (unpaired) electrons. The lowest BCUT2D eigenvalue weighted by Gasteiger charge is -2.31. The molecule has 0 spiro atoms. The molecule has 1 aliphatic rings. The van der Waals surface area contributed by atoms with Crippen molar-refractivity contribution in [1.82, 2.24) is 24.8 Å². The summed E-state index contributed by atoms with van der Waals surface area (Å²) in [7, 11) is 0. The van der Waals surface area contributed by atoms with E-state index in [0.717, 1.165) is 18.5 Å². The molecule has 3 heterocycles. The number of aromatic nitrogens is 4. The van der Waals surface area contributed by atoms with Crippen LogP contribution in [0.5, 0.6) is 5.88 Å². The second-order valence-corrected chi connectivity index (χ2v) is 5.59. The van der Waals surface area contributed by atoms with Crippen LogP contribution in [0.3, 0.4) is 0 Å². The minimum absolute atomic E-state index is 0.0645. The maximum Gasteiger partial charge on any atom is 0.274 e. The summed E-state index contributed by atoms with van der Waals surface area (Å²) in [5, 5.41) is 0. The standard InChI is InChI=1S/C16H19N5O2/c1-11-9-15(20-12(2)19-11)23-13-3-7-21(8-4-13)16(22)14-10-17-5-6-18-14/h5-6,9-10,13H,3-4,7-8H2,1-2H3. The monoisotopic (exact) mass is 313 g/mol. The Bertz CT molecular complexity index is 664. The van der Waals surface area contributed by atoms with E-state index in [9.17, 15) is 4.79 Å². The Morgan fingerprint density at radius 2 is 2.00 bits per heavy atom. The quantitative estimate of drug-likeness (QED) is 0.855. The van der Waals surface area contributed by atoms with Crippen molar-refractivity contribution in [3.63, 3.8) is 0 Å². The third kappa shape index (κ3) is 3.80. The molecule has 1 aliphatic heterocycles. The fourth-order valence-electron chi connectivity index (χ4n) is 2.66. The average Bonchev–Trinajstić information content (AvgIpc) is 2.55. The molecule has 0 saturated carbocycles. The fraction of sp³-hybridized carbons (Fsp3) is 0.438. The van der Waals surface area contributed by atoms with E-state index in [1.165, 1.54) is 12.4 Å². The fourth-order valence-corrected chi connectivity index (χ4v) is 2.66. The lowest BCUT2D eigenvalue weighted by Crippen LogP contribution is -2.42. The number of carbonyl (C=O) groups excluding carboxylic acids is 1. The minimum atomic E-state index is -0.0784. The van der Waals surface area contributed by atoms with E-state index in [1.54, 1.807) is 11.1 Å². The third-order valence-corrected chi connectivity index (χ3v) is 3.74. The number of amides is 1. The zero-order valence-electron chi connectivity index (χ0n) is 13.3. The molecule has 0 aromatic carbocycles. The summed E-state index contributed by atoms with van der Waals surface area (Å²) < 4.78 is 5.93. The van der Waals surface area contributed by atoms with Gasteiger partial charge in [0.1, 0.15) is 17.6 Å². The number of hydrogen-bond acceptors (Lipinski definition) is 6. The molecule has 0 atom stereocenters. The average molecular weight is 313 g/mol. The number of piperidine rings is 1. The molecule has 0 unspecified atom stereocenters. The molecule has 1 fully saturated rings. The zero-order valence-corrected chi connectivity index (χ0v) is 13.3. The number of likely N-dealkylation sites (tertiary alicyclic amines) is 1. The Morgan fingerprint density at radius 1 is 1.22 bits per heavy atom. The lowest BCUT2D eigenvalue weighted by molar-refractivity contribution is 0.0581. The van der Waals surface area contributed by atoms with E-state index < -0.39 is 0 Å². The predicted octanol–water partition coefficient (Wildman–Crippen LogP) is 1.57. The van der Waals surface area contributed by atoms with E-state index >= 15 is 0 Å². The van der Waals surface area contributed by atoms with E-state index in [4.69, 9.17) is 4.74 Å². The minimum Gasteiger partial charge on any atom is -0.474 e. The van der Waals surface area contributed by atoms with Crippen LogP contribution in [0.1, 0.15) is 34.8 Å². The molecule has 120 valence electrons. The van der Waals surface area contributed by atoms with Crippen molar-refractivity contribution in [2.45, 2.75) is 32.8 Å². The smallest absolute Gasteiger partial charge is 0.274 e. The number of nitrogens with zero attached hydrogens (tertiary/aromatic N) is 5. The second kappa shape index (κ2) is 6.68. The van der Waals surface area contributed by atoms with Gasteiger partial charge in [-0.25, -0.2) is 9.97 Å². The number of aryl methyl sites for hydroxylation is 2. The molecular weight excluding hydrogens is 294 g/mol. The van der Waals surface area contributed by atoms with Crippen LogP contribution in [0.2, 0.25) is 0 Å². The predicted molar refractivity (Wildman–Crippen MR) is 83.1 cm³/mol. The first kappa shape index (κ1) is 15.3. The van der Waals surface area contributed by atoms with Gasteiger partial charge in [0.15, 0.2) is 0 Å². The number of carbonyl (C=O) groups is 1. The zero-order chi connectivity index (χ0) is 16.2. The largest absolute Gasteiger partial charge is 0.474 e. The highest BCUT2D eigenvalue weighted by Crippen LogP contribution is 2.19. The molecule has 7 heteroatoms. The van der Waals surface area contributed by atoms with Gasteiger partial charge in [-0.1, -0.05) is 0 Å². The number of ether oxygens (including phenoxy) is 1. The van der Waals surface area contributed by atoms with Crippen LogP contribution < -0.4 is 4.74 Å². The van der Waals surface area contributed by atoms with Crippen molar-refractivity contribution in [2.75, 3.05) is 13.1 Å². The van der Waals surface area contributed by atoms with E-state index in [-0.39, 0.29) is 12.0 Å². The molecule has 1 amide bonds. The lowest BCUT2D eigenvalue weighted by atomic mass is 10.1. The first-order chi connectivity index (χ1) is 11.1. The Labute approximate surface area is 134 Å². The topological polar surface area (TPSA) is 81.1 Å². The van der Waals surface area contributed by atoms with Crippen LogP contribution in [0.4, 0.5) is 0 Å². The van der Waals surface area contributed by atoms with Gasteiger partial charge in [-0.05, 0) is 13.8 Å². The van der Waals surface area contributed by atoms with Crippen LogP contribution in [0, 0.1) is 13.8 Å². The Balaban J connectivity index is 1.57. The molecule has 0 aliphatic carbocycles. The molecule has 23 heavy (non-hydrogen) atoms. The molecule has 0 N–H and O–H groups in total. The van der Waals surface area contributed by atoms with Crippen molar-refractivity contribution >= 4 is 5.91 Å². The van der Waals surface area contributed by atoms with Crippen LogP contribution >= 0.6 is 0 Å². The summed E-state index contributed by atoms with van der Waals surface area (Å²) >= 11 is 0. The van der Waals surface area contributed by atoms with E-state index in [2.05, 4.69) is 19.9 Å². The highest BCUT2D eigenvalue weighted by Gasteiger charge is 2.25. The van der Waals surface area contributed by atoms with Gasteiger partial charge in [0.05, 0.1) is 6.20 Å². The van der Waals surface area contributed by atoms with Gasteiger partial charge in [-0.2, -0.15) is 4.98 Å². The van der Waals surface area contributed by atoms with E-state index in [0.29, 0.717) is 30.5 Å². The summed E-state index contributed by atoms with van der Waals surface area (Å²) in [6.07, 6.45) is 6.19. The van der Waals surface area contributed by atoms with Crippen molar-refractivity contribution in [3.8, 4) is 5.88 Å². The summed E-state index contributed by atoms with van der Waals surface area (Å²) in [6, 6.07) is 1.84. The normalized spacial score (nSPS) is 15.5. The van der Waals surface area contributed by atoms with Gasteiger partial charge in [0.25, 0.3) is 5.91 Å². The molecule has 7 nitrogen and oxygen atoms in total. The molecular formula is C16H19N5O2. The summed E-state index contributed by atoms with van der Waals surface area (Å²) in [5.74, 6) is 1.23. The van der Waals surface area contributed by atoms with Crippen molar-refractivity contribution in [1.29, 1.82) is 0 Å². The van der Waals surface area contributed by atoms with Gasteiger partial charge < -0.3 is 9.64 Å². The van der Waals surface area contributed by atoms with Gasteiger partial charge in [-0.15, -0.1) is 0 Å². The summed E-state index contributed by atoms with van der Waals surface area (Å²) in [4.78, 5) is 30.6. The van der Waals surface area contributed by atoms with Crippen LogP contribution in [-0.2, 0) is 0 Å². The van der Waals surface area contributed by atoms with Gasteiger partial charge in [-0.3, -0.25) is 9.78 Å². The highest BCUT2D eigenvalue weighted by molar-refractivity contribution is 5.92. The first-order valence-corrected chi connectivity index (χ1v) is 7.66. The maximum atomic E-state index is 12.3. The SMILES string of the molecule is Cc1cc(OC2CCN(C(=O)c3cnccn3)CC2)nc(C)n1. The molecule has 3 rings (SSSR count). The van der Waals surface area contributed by atoms with Gasteiger partial charge >= 0.3 is 0 Å².